The van der Waals surface area contributed by atoms with Gasteiger partial charge >= 0.3 is 0 Å². The summed E-state index contributed by atoms with van der Waals surface area (Å²) in [6.07, 6.45) is 1.86. The van der Waals surface area contributed by atoms with Gasteiger partial charge < -0.3 is 9.80 Å². The Morgan fingerprint density at radius 2 is 1.56 bits per heavy atom. The zero-order valence-electron chi connectivity index (χ0n) is 14.8. The van der Waals surface area contributed by atoms with E-state index in [-0.39, 0.29) is 0 Å². The van der Waals surface area contributed by atoms with Crippen LogP contribution in [0.4, 0.5) is 11.6 Å². The molecule has 0 N–H and O–H groups in total. The minimum absolute atomic E-state index is 0.318. The molecule has 1 fully saturated rings. The molecule has 1 aromatic carbocycles. The van der Waals surface area contributed by atoms with Gasteiger partial charge in [-0.25, -0.2) is 15.0 Å². The molecule has 1 aliphatic rings. The zero-order chi connectivity index (χ0) is 17.2. The van der Waals surface area contributed by atoms with Crippen LogP contribution in [-0.2, 0) is 0 Å². The van der Waals surface area contributed by atoms with Gasteiger partial charge in [-0.1, -0.05) is 32.0 Å². The van der Waals surface area contributed by atoms with Crippen molar-refractivity contribution in [3.8, 4) is 0 Å². The summed E-state index contributed by atoms with van der Waals surface area (Å²) in [5, 5.41) is 1.14. The molecule has 0 bridgehead atoms. The van der Waals surface area contributed by atoms with Crippen LogP contribution in [0.15, 0.2) is 48.7 Å². The zero-order valence-corrected chi connectivity index (χ0v) is 14.8. The lowest BCUT2D eigenvalue weighted by Crippen LogP contribution is -2.47. The highest BCUT2D eigenvalue weighted by Crippen LogP contribution is 2.27. The van der Waals surface area contributed by atoms with Crippen molar-refractivity contribution in [1.82, 2.24) is 15.0 Å². The van der Waals surface area contributed by atoms with Gasteiger partial charge in [0.1, 0.15) is 17.5 Å². The fourth-order valence-electron chi connectivity index (χ4n) is 3.26. The lowest BCUT2D eigenvalue weighted by Gasteiger charge is -2.36. The van der Waals surface area contributed by atoms with Crippen molar-refractivity contribution in [2.45, 2.75) is 19.8 Å². The Labute approximate surface area is 148 Å². The van der Waals surface area contributed by atoms with Crippen LogP contribution in [0.25, 0.3) is 10.9 Å². The molecule has 0 unspecified atom stereocenters. The van der Waals surface area contributed by atoms with Crippen LogP contribution >= 0.6 is 0 Å². The second-order valence-corrected chi connectivity index (χ2v) is 6.74. The minimum Gasteiger partial charge on any atom is -0.353 e. The van der Waals surface area contributed by atoms with E-state index < -0.39 is 0 Å². The summed E-state index contributed by atoms with van der Waals surface area (Å²) in [7, 11) is 0. The Morgan fingerprint density at radius 1 is 0.840 bits per heavy atom. The number of para-hydroxylation sites is 1. The van der Waals surface area contributed by atoms with E-state index in [4.69, 9.17) is 9.97 Å². The second-order valence-electron chi connectivity index (χ2n) is 6.74. The number of piperazine rings is 1. The van der Waals surface area contributed by atoms with Gasteiger partial charge in [0.2, 0.25) is 0 Å². The fraction of sp³-hybridized carbons (Fsp3) is 0.350. The first kappa shape index (κ1) is 15.8. The predicted molar refractivity (Wildman–Crippen MR) is 102 cm³/mol. The summed E-state index contributed by atoms with van der Waals surface area (Å²) in [4.78, 5) is 18.8. The number of anilines is 2. The van der Waals surface area contributed by atoms with E-state index in [0.29, 0.717) is 5.92 Å². The van der Waals surface area contributed by atoms with Crippen molar-refractivity contribution in [3.63, 3.8) is 0 Å². The molecule has 0 saturated carbocycles. The van der Waals surface area contributed by atoms with E-state index in [1.807, 2.05) is 24.4 Å². The first-order valence-corrected chi connectivity index (χ1v) is 8.90. The SMILES string of the molecule is CC(C)c1nc(N2CCN(c3ccccn3)CC2)c2ccccc2n1. The summed E-state index contributed by atoms with van der Waals surface area (Å²) in [6, 6.07) is 14.4. The van der Waals surface area contributed by atoms with Crippen molar-refractivity contribution < 1.29 is 0 Å². The molecule has 1 saturated heterocycles. The molecule has 0 atom stereocenters. The van der Waals surface area contributed by atoms with Crippen LogP contribution in [-0.4, -0.2) is 41.1 Å². The average molecular weight is 333 g/mol. The topological polar surface area (TPSA) is 45.2 Å². The lowest BCUT2D eigenvalue weighted by atomic mass is 10.1. The first-order valence-electron chi connectivity index (χ1n) is 8.90. The van der Waals surface area contributed by atoms with Crippen LogP contribution in [0, 0.1) is 0 Å². The summed E-state index contributed by atoms with van der Waals surface area (Å²) in [5.74, 6) is 3.35. The van der Waals surface area contributed by atoms with Crippen molar-refractivity contribution in [1.29, 1.82) is 0 Å². The largest absolute Gasteiger partial charge is 0.353 e. The standard InChI is InChI=1S/C20H23N5/c1-15(2)19-22-17-8-4-3-7-16(17)20(23-19)25-13-11-24(12-14-25)18-9-5-6-10-21-18/h3-10,15H,11-14H2,1-2H3. The lowest BCUT2D eigenvalue weighted by molar-refractivity contribution is 0.639. The average Bonchev–Trinajstić information content (AvgIpc) is 2.68. The Kier molecular flexibility index (Phi) is 4.22. The molecule has 4 rings (SSSR count). The maximum atomic E-state index is 4.90. The third kappa shape index (κ3) is 3.14. The van der Waals surface area contributed by atoms with Crippen molar-refractivity contribution in [2.75, 3.05) is 36.0 Å². The van der Waals surface area contributed by atoms with Crippen LogP contribution < -0.4 is 9.80 Å². The summed E-state index contributed by atoms with van der Waals surface area (Å²) in [5.41, 5.74) is 1.03. The highest BCUT2D eigenvalue weighted by Gasteiger charge is 2.21. The van der Waals surface area contributed by atoms with Crippen molar-refractivity contribution >= 4 is 22.5 Å². The number of pyridine rings is 1. The third-order valence-corrected chi connectivity index (χ3v) is 4.67. The van der Waals surface area contributed by atoms with Gasteiger partial charge in [0.15, 0.2) is 0 Å². The molecule has 3 aromatic rings. The number of hydrogen-bond acceptors (Lipinski definition) is 5. The van der Waals surface area contributed by atoms with E-state index >= 15 is 0 Å². The maximum absolute atomic E-state index is 4.90. The van der Waals surface area contributed by atoms with E-state index in [0.717, 1.165) is 54.5 Å². The highest BCUT2D eigenvalue weighted by molar-refractivity contribution is 5.89. The molecule has 0 radical (unpaired) electrons. The molecule has 0 amide bonds. The number of aromatic nitrogens is 3. The minimum atomic E-state index is 0.318. The number of rotatable bonds is 3. The monoisotopic (exact) mass is 333 g/mol. The molecule has 2 aromatic heterocycles. The molecule has 0 aliphatic carbocycles. The van der Waals surface area contributed by atoms with E-state index in [1.165, 1.54) is 0 Å². The molecule has 5 heteroatoms. The van der Waals surface area contributed by atoms with Crippen molar-refractivity contribution in [3.05, 3.63) is 54.5 Å². The second kappa shape index (κ2) is 6.67. The smallest absolute Gasteiger partial charge is 0.140 e. The van der Waals surface area contributed by atoms with Crippen LogP contribution in [0.2, 0.25) is 0 Å². The molecule has 25 heavy (non-hydrogen) atoms. The number of benzene rings is 1. The molecule has 3 heterocycles. The normalized spacial score (nSPS) is 15.2. The Balaban J connectivity index is 1.62. The van der Waals surface area contributed by atoms with Crippen LogP contribution in [0.3, 0.4) is 0 Å². The Hall–Kier alpha value is -2.69. The van der Waals surface area contributed by atoms with Gasteiger partial charge in [-0.2, -0.15) is 0 Å². The predicted octanol–water partition coefficient (Wildman–Crippen LogP) is 3.47. The molecule has 128 valence electrons. The van der Waals surface area contributed by atoms with Gasteiger partial charge in [0.05, 0.1) is 5.52 Å². The van der Waals surface area contributed by atoms with Gasteiger partial charge in [-0.05, 0) is 24.3 Å². The van der Waals surface area contributed by atoms with Gasteiger partial charge in [0, 0.05) is 43.7 Å². The number of fused-ring (bicyclic) bond motifs is 1. The molecular weight excluding hydrogens is 310 g/mol. The van der Waals surface area contributed by atoms with Gasteiger partial charge in [-0.15, -0.1) is 0 Å². The first-order chi connectivity index (χ1) is 12.2. The Bertz CT molecular complexity index is 854. The van der Waals surface area contributed by atoms with Crippen LogP contribution in [0.1, 0.15) is 25.6 Å². The van der Waals surface area contributed by atoms with E-state index in [2.05, 4.69) is 52.9 Å². The molecule has 5 nitrogen and oxygen atoms in total. The molecular formula is C20H23N5. The highest BCUT2D eigenvalue weighted by atomic mass is 15.3. The van der Waals surface area contributed by atoms with E-state index in [1.54, 1.807) is 0 Å². The third-order valence-electron chi connectivity index (χ3n) is 4.67. The molecule has 0 spiro atoms. The number of hydrogen-bond donors (Lipinski definition) is 0. The van der Waals surface area contributed by atoms with Crippen LogP contribution in [0.5, 0.6) is 0 Å². The molecule has 1 aliphatic heterocycles. The maximum Gasteiger partial charge on any atom is 0.140 e. The summed E-state index contributed by atoms with van der Waals surface area (Å²) < 4.78 is 0. The Morgan fingerprint density at radius 3 is 2.28 bits per heavy atom. The summed E-state index contributed by atoms with van der Waals surface area (Å²) in [6.45, 7) is 8.07. The number of nitrogens with zero attached hydrogens (tertiary/aromatic N) is 5. The quantitative estimate of drug-likeness (QED) is 0.734. The van der Waals surface area contributed by atoms with Gasteiger partial charge in [0.25, 0.3) is 0 Å². The summed E-state index contributed by atoms with van der Waals surface area (Å²) >= 11 is 0. The van der Waals surface area contributed by atoms with Gasteiger partial charge in [-0.3, -0.25) is 0 Å². The fourth-order valence-corrected chi connectivity index (χ4v) is 3.26. The van der Waals surface area contributed by atoms with E-state index in [9.17, 15) is 0 Å². The van der Waals surface area contributed by atoms with Crippen molar-refractivity contribution in [2.24, 2.45) is 0 Å².